The summed E-state index contributed by atoms with van der Waals surface area (Å²) in [5.41, 5.74) is 2.70. The zero-order valence-electron chi connectivity index (χ0n) is 13.6. The van der Waals surface area contributed by atoms with Crippen molar-refractivity contribution in [2.45, 2.75) is 26.0 Å². The molecule has 0 amide bonds. The van der Waals surface area contributed by atoms with Gasteiger partial charge in [-0.15, -0.1) is 0 Å². The fraction of sp³-hybridized carbons (Fsp3) is 0.263. The normalized spacial score (nSPS) is 12.2. The Labute approximate surface area is 140 Å². The SMILES string of the molecule is CCOC(=O)CC(O)n1c(Cc2ccccc2)nc2ccccc21. The molecule has 124 valence electrons. The molecule has 0 fully saturated rings. The van der Waals surface area contributed by atoms with E-state index in [9.17, 15) is 9.90 Å². The van der Waals surface area contributed by atoms with Gasteiger partial charge in [0.15, 0.2) is 0 Å². The van der Waals surface area contributed by atoms with Crippen molar-refractivity contribution >= 4 is 17.0 Å². The third-order valence-corrected chi connectivity index (χ3v) is 3.83. The molecule has 1 unspecified atom stereocenters. The van der Waals surface area contributed by atoms with E-state index in [0.717, 1.165) is 22.4 Å². The summed E-state index contributed by atoms with van der Waals surface area (Å²) in [6, 6.07) is 17.5. The van der Waals surface area contributed by atoms with Gasteiger partial charge in [-0.3, -0.25) is 4.79 Å². The summed E-state index contributed by atoms with van der Waals surface area (Å²) >= 11 is 0. The van der Waals surface area contributed by atoms with E-state index in [-0.39, 0.29) is 6.42 Å². The number of aliphatic hydroxyl groups is 1. The molecule has 0 bridgehead atoms. The number of hydrogen-bond acceptors (Lipinski definition) is 4. The van der Waals surface area contributed by atoms with Crippen molar-refractivity contribution in [2.75, 3.05) is 6.61 Å². The topological polar surface area (TPSA) is 64.3 Å². The van der Waals surface area contributed by atoms with Crippen molar-refractivity contribution in [2.24, 2.45) is 0 Å². The van der Waals surface area contributed by atoms with Crippen LogP contribution in [-0.4, -0.2) is 27.2 Å². The molecule has 1 heterocycles. The lowest BCUT2D eigenvalue weighted by Gasteiger charge is -2.16. The van der Waals surface area contributed by atoms with E-state index in [2.05, 4.69) is 4.98 Å². The highest BCUT2D eigenvalue weighted by molar-refractivity contribution is 5.77. The fourth-order valence-electron chi connectivity index (χ4n) is 2.79. The summed E-state index contributed by atoms with van der Waals surface area (Å²) < 4.78 is 6.67. The molecule has 0 saturated carbocycles. The Hall–Kier alpha value is -2.66. The van der Waals surface area contributed by atoms with Gasteiger partial charge in [0.25, 0.3) is 0 Å². The Bertz CT molecular complexity index is 827. The standard InChI is InChI=1S/C19H20N2O3/c1-2-24-19(23)13-18(22)21-16-11-7-6-10-15(16)20-17(21)12-14-8-4-3-5-9-14/h3-11,18,22H,2,12-13H2,1H3. The minimum Gasteiger partial charge on any atom is -0.466 e. The van der Waals surface area contributed by atoms with E-state index < -0.39 is 12.2 Å². The molecule has 0 spiro atoms. The molecule has 1 aromatic heterocycles. The molecule has 3 rings (SSSR count). The first-order valence-electron chi connectivity index (χ1n) is 8.02. The first-order valence-corrected chi connectivity index (χ1v) is 8.02. The minimum atomic E-state index is -1.00. The lowest BCUT2D eigenvalue weighted by molar-refractivity contribution is -0.146. The van der Waals surface area contributed by atoms with Crippen LogP contribution in [0, 0.1) is 0 Å². The second-order valence-corrected chi connectivity index (χ2v) is 5.54. The van der Waals surface area contributed by atoms with E-state index in [4.69, 9.17) is 4.74 Å². The van der Waals surface area contributed by atoms with Crippen LogP contribution in [0.4, 0.5) is 0 Å². The number of carbonyl (C=O) groups excluding carboxylic acids is 1. The number of carbonyl (C=O) groups is 1. The van der Waals surface area contributed by atoms with E-state index in [1.165, 1.54) is 0 Å². The van der Waals surface area contributed by atoms with Crippen molar-refractivity contribution in [3.8, 4) is 0 Å². The average Bonchev–Trinajstić information content (AvgIpc) is 2.93. The largest absolute Gasteiger partial charge is 0.466 e. The number of fused-ring (bicyclic) bond motifs is 1. The van der Waals surface area contributed by atoms with Crippen LogP contribution in [0.15, 0.2) is 54.6 Å². The first-order chi connectivity index (χ1) is 11.7. The van der Waals surface area contributed by atoms with E-state index in [0.29, 0.717) is 13.0 Å². The van der Waals surface area contributed by atoms with Gasteiger partial charge < -0.3 is 14.4 Å². The van der Waals surface area contributed by atoms with Crippen molar-refractivity contribution in [3.63, 3.8) is 0 Å². The summed E-state index contributed by atoms with van der Waals surface area (Å²) in [6.45, 7) is 2.05. The number of para-hydroxylation sites is 2. The third kappa shape index (κ3) is 3.46. The predicted molar refractivity (Wildman–Crippen MR) is 91.5 cm³/mol. The zero-order chi connectivity index (χ0) is 16.9. The van der Waals surface area contributed by atoms with Gasteiger partial charge >= 0.3 is 5.97 Å². The van der Waals surface area contributed by atoms with Crippen LogP contribution in [0.3, 0.4) is 0 Å². The number of aromatic nitrogens is 2. The lowest BCUT2D eigenvalue weighted by Crippen LogP contribution is -2.17. The van der Waals surface area contributed by atoms with E-state index in [1.807, 2.05) is 54.6 Å². The van der Waals surface area contributed by atoms with E-state index in [1.54, 1.807) is 11.5 Å². The molecule has 5 nitrogen and oxygen atoms in total. The molecule has 0 radical (unpaired) electrons. The molecule has 0 aliphatic heterocycles. The van der Waals surface area contributed by atoms with Gasteiger partial charge in [-0.25, -0.2) is 4.98 Å². The maximum atomic E-state index is 11.7. The van der Waals surface area contributed by atoms with Crippen LogP contribution in [0.2, 0.25) is 0 Å². The van der Waals surface area contributed by atoms with Crippen LogP contribution in [0.25, 0.3) is 11.0 Å². The van der Waals surface area contributed by atoms with Crippen LogP contribution < -0.4 is 0 Å². The Balaban J connectivity index is 1.97. The quantitative estimate of drug-likeness (QED) is 0.708. The summed E-state index contributed by atoms with van der Waals surface area (Å²) in [5.74, 6) is 0.299. The molecule has 1 N–H and O–H groups in total. The second kappa shape index (κ2) is 7.27. The smallest absolute Gasteiger partial charge is 0.310 e. The zero-order valence-corrected chi connectivity index (χ0v) is 13.6. The van der Waals surface area contributed by atoms with Crippen molar-refractivity contribution in [1.82, 2.24) is 9.55 Å². The second-order valence-electron chi connectivity index (χ2n) is 5.54. The first kappa shape index (κ1) is 16.2. The number of nitrogens with zero attached hydrogens (tertiary/aromatic N) is 2. The molecule has 1 atom stereocenters. The fourth-order valence-corrected chi connectivity index (χ4v) is 2.79. The number of benzene rings is 2. The highest BCUT2D eigenvalue weighted by atomic mass is 16.5. The molecule has 5 heteroatoms. The summed E-state index contributed by atoms with van der Waals surface area (Å²) in [4.78, 5) is 16.4. The summed E-state index contributed by atoms with van der Waals surface area (Å²) in [5, 5.41) is 10.6. The van der Waals surface area contributed by atoms with Gasteiger partial charge in [0.1, 0.15) is 12.1 Å². The monoisotopic (exact) mass is 324 g/mol. The molecule has 2 aromatic carbocycles. The predicted octanol–water partition coefficient (Wildman–Crippen LogP) is 3.07. The lowest BCUT2D eigenvalue weighted by atomic mass is 10.1. The minimum absolute atomic E-state index is 0.101. The van der Waals surface area contributed by atoms with Crippen LogP contribution in [-0.2, 0) is 16.0 Å². The van der Waals surface area contributed by atoms with Gasteiger partial charge in [0, 0.05) is 6.42 Å². The van der Waals surface area contributed by atoms with E-state index >= 15 is 0 Å². The van der Waals surface area contributed by atoms with Crippen LogP contribution in [0.1, 0.15) is 31.0 Å². The Morgan fingerprint density at radius 2 is 1.88 bits per heavy atom. The molecule has 0 aliphatic rings. The number of hydrogen-bond donors (Lipinski definition) is 1. The summed E-state index contributed by atoms with van der Waals surface area (Å²) in [7, 11) is 0. The van der Waals surface area contributed by atoms with Gasteiger partial charge in [-0.1, -0.05) is 42.5 Å². The third-order valence-electron chi connectivity index (χ3n) is 3.83. The Morgan fingerprint density at radius 3 is 2.62 bits per heavy atom. The van der Waals surface area contributed by atoms with Crippen molar-refractivity contribution < 1.29 is 14.6 Å². The molecule has 0 saturated heterocycles. The van der Waals surface area contributed by atoms with Gasteiger partial charge in [0.2, 0.25) is 0 Å². The van der Waals surface area contributed by atoms with Crippen molar-refractivity contribution in [1.29, 1.82) is 0 Å². The molecule has 0 aliphatic carbocycles. The number of esters is 1. The average molecular weight is 324 g/mol. The highest BCUT2D eigenvalue weighted by Crippen LogP contribution is 2.24. The molecule has 3 aromatic rings. The van der Waals surface area contributed by atoms with Gasteiger partial charge in [-0.2, -0.15) is 0 Å². The Kier molecular flexibility index (Phi) is 4.91. The van der Waals surface area contributed by atoms with Crippen LogP contribution in [0.5, 0.6) is 0 Å². The number of ether oxygens (including phenoxy) is 1. The number of imidazole rings is 1. The number of aliphatic hydroxyl groups excluding tert-OH is 1. The summed E-state index contributed by atoms with van der Waals surface area (Å²) in [6.07, 6.45) is -0.527. The maximum Gasteiger partial charge on any atom is 0.310 e. The maximum absolute atomic E-state index is 11.7. The Morgan fingerprint density at radius 1 is 1.17 bits per heavy atom. The number of rotatable bonds is 6. The highest BCUT2D eigenvalue weighted by Gasteiger charge is 2.20. The van der Waals surface area contributed by atoms with Crippen LogP contribution >= 0.6 is 0 Å². The van der Waals surface area contributed by atoms with Gasteiger partial charge in [-0.05, 0) is 24.6 Å². The van der Waals surface area contributed by atoms with Gasteiger partial charge in [0.05, 0.1) is 24.1 Å². The molecule has 24 heavy (non-hydrogen) atoms. The van der Waals surface area contributed by atoms with Crippen molar-refractivity contribution in [3.05, 3.63) is 66.0 Å². The molecular weight excluding hydrogens is 304 g/mol. The molecular formula is C19H20N2O3.